The zero-order chi connectivity index (χ0) is 25.9. The highest BCUT2D eigenvalue weighted by Crippen LogP contribution is 2.29. The monoisotopic (exact) mass is 500 g/mol. The lowest BCUT2D eigenvalue weighted by Gasteiger charge is -2.21. The topological polar surface area (TPSA) is 83.1 Å². The molecule has 1 fully saturated rings. The SMILES string of the molecule is C=c1c(-c2nc3c(-c4ccncc4)cccc3[nH]2)n[nH]/c1=C/C=C(\C)c1cncc(CC2CCCCC2)c1. The lowest BCUT2D eigenvalue weighted by atomic mass is 9.85. The molecule has 0 aliphatic heterocycles. The number of fused-ring (bicyclic) bond motifs is 1. The van der Waals surface area contributed by atoms with Crippen molar-refractivity contribution in [2.24, 2.45) is 5.92 Å². The molecule has 6 heteroatoms. The number of H-pyrrole nitrogens is 2. The third-order valence-electron chi connectivity index (χ3n) is 7.63. The van der Waals surface area contributed by atoms with Crippen LogP contribution in [0.15, 0.2) is 67.3 Å². The molecule has 0 bridgehead atoms. The van der Waals surface area contributed by atoms with E-state index in [0.29, 0.717) is 5.82 Å². The molecular weight excluding hydrogens is 468 g/mol. The normalized spacial score (nSPS) is 15.4. The highest BCUT2D eigenvalue weighted by molar-refractivity contribution is 5.93. The minimum absolute atomic E-state index is 0.697. The highest BCUT2D eigenvalue weighted by atomic mass is 15.1. The first kappa shape index (κ1) is 24.0. The molecule has 6 rings (SSSR count). The summed E-state index contributed by atoms with van der Waals surface area (Å²) >= 11 is 0. The van der Waals surface area contributed by atoms with Crippen molar-refractivity contribution in [2.45, 2.75) is 45.4 Å². The third kappa shape index (κ3) is 4.94. The van der Waals surface area contributed by atoms with Crippen LogP contribution in [-0.2, 0) is 6.42 Å². The van der Waals surface area contributed by atoms with Gasteiger partial charge in [0.2, 0.25) is 0 Å². The molecule has 2 N–H and O–H groups in total. The van der Waals surface area contributed by atoms with Gasteiger partial charge in [-0.1, -0.05) is 56.9 Å². The van der Waals surface area contributed by atoms with Crippen molar-refractivity contribution in [3.63, 3.8) is 0 Å². The first-order chi connectivity index (χ1) is 18.7. The largest absolute Gasteiger partial charge is 0.337 e. The van der Waals surface area contributed by atoms with Crippen LogP contribution < -0.4 is 10.6 Å². The van der Waals surface area contributed by atoms with Gasteiger partial charge in [-0.3, -0.25) is 15.1 Å². The van der Waals surface area contributed by atoms with Crippen LogP contribution in [0, 0.1) is 5.92 Å². The number of nitrogens with one attached hydrogen (secondary N) is 2. The summed E-state index contributed by atoms with van der Waals surface area (Å²) in [4.78, 5) is 17.0. The molecule has 4 aromatic heterocycles. The molecule has 0 saturated heterocycles. The summed E-state index contributed by atoms with van der Waals surface area (Å²) in [6.45, 7) is 6.43. The zero-order valence-electron chi connectivity index (χ0n) is 21.7. The van der Waals surface area contributed by atoms with Gasteiger partial charge >= 0.3 is 0 Å². The Morgan fingerprint density at radius 3 is 2.74 bits per heavy atom. The Labute approximate surface area is 222 Å². The van der Waals surface area contributed by atoms with Gasteiger partial charge in [0.15, 0.2) is 5.82 Å². The fourth-order valence-electron chi connectivity index (χ4n) is 5.47. The van der Waals surface area contributed by atoms with Gasteiger partial charge in [0.1, 0.15) is 5.69 Å². The maximum Gasteiger partial charge on any atom is 0.159 e. The Morgan fingerprint density at radius 1 is 1.05 bits per heavy atom. The van der Waals surface area contributed by atoms with Crippen molar-refractivity contribution in [1.82, 2.24) is 30.1 Å². The van der Waals surface area contributed by atoms with Crippen LogP contribution in [0.2, 0.25) is 0 Å². The van der Waals surface area contributed by atoms with E-state index in [4.69, 9.17) is 4.98 Å². The quantitative estimate of drug-likeness (QED) is 0.307. The molecular formula is C32H32N6. The molecule has 1 aliphatic carbocycles. The van der Waals surface area contributed by atoms with Crippen molar-refractivity contribution >= 4 is 29.3 Å². The molecule has 0 atom stereocenters. The Hall–Kier alpha value is -4.32. The second kappa shape index (κ2) is 10.6. The molecule has 0 spiro atoms. The average Bonchev–Trinajstić information content (AvgIpc) is 3.56. The second-order valence-electron chi connectivity index (χ2n) is 10.3. The fraction of sp³-hybridized carbons (Fsp3) is 0.250. The van der Waals surface area contributed by atoms with Crippen molar-refractivity contribution in [3.8, 4) is 22.6 Å². The summed E-state index contributed by atoms with van der Waals surface area (Å²) < 4.78 is 0. The Balaban J connectivity index is 1.27. The van der Waals surface area contributed by atoms with E-state index in [1.807, 2.05) is 42.7 Å². The summed E-state index contributed by atoms with van der Waals surface area (Å²) in [5.74, 6) is 1.50. The minimum Gasteiger partial charge on any atom is -0.337 e. The number of pyridine rings is 2. The van der Waals surface area contributed by atoms with E-state index in [0.717, 1.165) is 61.9 Å². The van der Waals surface area contributed by atoms with E-state index in [-0.39, 0.29) is 0 Å². The van der Waals surface area contributed by atoms with E-state index in [1.165, 1.54) is 37.7 Å². The predicted octanol–water partition coefficient (Wildman–Crippen LogP) is 5.83. The lowest BCUT2D eigenvalue weighted by Crippen LogP contribution is -2.21. The van der Waals surface area contributed by atoms with Crippen LogP contribution in [0.4, 0.5) is 0 Å². The Bertz CT molecular complexity index is 1700. The second-order valence-corrected chi connectivity index (χ2v) is 10.3. The summed E-state index contributed by atoms with van der Waals surface area (Å²) in [6.07, 6.45) is 19.6. The molecule has 0 amide bonds. The molecule has 38 heavy (non-hydrogen) atoms. The predicted molar refractivity (Wildman–Crippen MR) is 154 cm³/mol. The maximum atomic E-state index is 4.90. The first-order valence-corrected chi connectivity index (χ1v) is 13.4. The van der Waals surface area contributed by atoms with E-state index in [9.17, 15) is 0 Å². The summed E-state index contributed by atoms with van der Waals surface area (Å²) in [5, 5.41) is 9.36. The minimum atomic E-state index is 0.697. The number of benzene rings is 1. The third-order valence-corrected chi connectivity index (χ3v) is 7.63. The van der Waals surface area contributed by atoms with Crippen molar-refractivity contribution < 1.29 is 0 Å². The first-order valence-electron chi connectivity index (χ1n) is 13.4. The molecule has 0 unspecified atom stereocenters. The van der Waals surface area contributed by atoms with E-state index >= 15 is 0 Å². The number of imidazole rings is 1. The molecule has 4 heterocycles. The number of aromatic amines is 2. The van der Waals surface area contributed by atoms with Crippen LogP contribution in [0.25, 0.3) is 51.9 Å². The number of hydrogen-bond donors (Lipinski definition) is 2. The number of para-hydroxylation sites is 1. The van der Waals surface area contributed by atoms with Gasteiger partial charge in [-0.2, -0.15) is 5.10 Å². The van der Waals surface area contributed by atoms with E-state index < -0.39 is 0 Å². The van der Waals surface area contributed by atoms with E-state index in [1.54, 1.807) is 12.4 Å². The maximum absolute atomic E-state index is 4.90. The summed E-state index contributed by atoms with van der Waals surface area (Å²) in [5.41, 5.74) is 8.35. The van der Waals surface area contributed by atoms with Gasteiger partial charge in [0, 0.05) is 35.6 Å². The fourth-order valence-corrected chi connectivity index (χ4v) is 5.47. The molecule has 6 nitrogen and oxygen atoms in total. The van der Waals surface area contributed by atoms with Crippen LogP contribution in [0.1, 0.15) is 50.2 Å². The van der Waals surface area contributed by atoms with Gasteiger partial charge in [0.05, 0.1) is 16.4 Å². The number of aromatic nitrogens is 6. The summed E-state index contributed by atoms with van der Waals surface area (Å²) in [7, 11) is 0. The van der Waals surface area contributed by atoms with Gasteiger partial charge in [-0.05, 0) is 71.9 Å². The van der Waals surface area contributed by atoms with Crippen molar-refractivity contribution in [2.75, 3.05) is 0 Å². The highest BCUT2D eigenvalue weighted by Gasteiger charge is 2.15. The molecule has 5 aromatic rings. The smallest absolute Gasteiger partial charge is 0.159 e. The van der Waals surface area contributed by atoms with Crippen molar-refractivity contribution in [1.29, 1.82) is 0 Å². The van der Waals surface area contributed by atoms with Gasteiger partial charge in [-0.25, -0.2) is 4.98 Å². The van der Waals surface area contributed by atoms with Crippen LogP contribution >= 0.6 is 0 Å². The molecule has 190 valence electrons. The lowest BCUT2D eigenvalue weighted by molar-refractivity contribution is 0.356. The van der Waals surface area contributed by atoms with E-state index in [2.05, 4.69) is 56.9 Å². The Morgan fingerprint density at radius 2 is 1.89 bits per heavy atom. The van der Waals surface area contributed by atoms with Gasteiger partial charge < -0.3 is 4.98 Å². The standard InChI is InChI=1S/C32H32N6/c1-21(26-18-24(19-34-20-26)17-23-7-4-3-5-8-23)11-12-28-22(2)30(38-37-28)32-35-29-10-6-9-27(31(29)36-32)25-13-15-33-16-14-25/h6,9-16,18-20,23,37H,2-5,7-8,17H2,1H3,(H,35,36)/b21-11+,28-12+. The number of hydrogen-bond acceptors (Lipinski definition) is 4. The zero-order valence-corrected chi connectivity index (χ0v) is 21.7. The van der Waals surface area contributed by atoms with Crippen molar-refractivity contribution in [3.05, 3.63) is 89.0 Å². The van der Waals surface area contributed by atoms with Gasteiger partial charge in [0.25, 0.3) is 0 Å². The number of nitrogens with zero attached hydrogens (tertiary/aromatic N) is 4. The van der Waals surface area contributed by atoms with Crippen LogP contribution in [-0.4, -0.2) is 30.1 Å². The average molecular weight is 501 g/mol. The van der Waals surface area contributed by atoms with Gasteiger partial charge in [-0.15, -0.1) is 0 Å². The number of rotatable bonds is 6. The molecule has 1 aliphatic rings. The Kier molecular flexibility index (Phi) is 6.69. The molecule has 1 saturated carbocycles. The summed E-state index contributed by atoms with van der Waals surface area (Å²) in [6, 6.07) is 12.4. The molecule has 1 aromatic carbocycles. The van der Waals surface area contributed by atoms with Crippen LogP contribution in [0.5, 0.6) is 0 Å². The number of allylic oxidation sites excluding steroid dienone is 2. The van der Waals surface area contributed by atoms with Crippen LogP contribution in [0.3, 0.4) is 0 Å². The molecule has 0 radical (unpaired) electrons.